The van der Waals surface area contributed by atoms with Crippen molar-refractivity contribution in [3.8, 4) is 0 Å². The van der Waals surface area contributed by atoms with E-state index in [2.05, 4.69) is 27.2 Å². The SMILES string of the molecule is CN(Cc1ccnc(Cl)n1)C[C@H]1CCCCN1. The Balaban J connectivity index is 1.82. The van der Waals surface area contributed by atoms with E-state index < -0.39 is 0 Å². The van der Waals surface area contributed by atoms with Crippen LogP contribution in [0.3, 0.4) is 0 Å². The number of hydrogen-bond donors (Lipinski definition) is 1. The van der Waals surface area contributed by atoms with E-state index in [0.29, 0.717) is 11.3 Å². The molecular formula is C12H19ClN4. The zero-order valence-corrected chi connectivity index (χ0v) is 11.0. The van der Waals surface area contributed by atoms with Gasteiger partial charge in [-0.2, -0.15) is 0 Å². The van der Waals surface area contributed by atoms with Crippen LogP contribution >= 0.6 is 11.6 Å². The van der Waals surface area contributed by atoms with Crippen LogP contribution < -0.4 is 5.32 Å². The molecule has 0 spiro atoms. The van der Waals surface area contributed by atoms with E-state index in [9.17, 15) is 0 Å². The Morgan fingerprint density at radius 3 is 3.12 bits per heavy atom. The summed E-state index contributed by atoms with van der Waals surface area (Å²) in [6.07, 6.45) is 5.62. The lowest BCUT2D eigenvalue weighted by molar-refractivity contribution is 0.254. The minimum Gasteiger partial charge on any atom is -0.313 e. The highest BCUT2D eigenvalue weighted by Crippen LogP contribution is 2.09. The fourth-order valence-electron chi connectivity index (χ4n) is 2.25. The first-order valence-corrected chi connectivity index (χ1v) is 6.51. The smallest absolute Gasteiger partial charge is 0.222 e. The molecule has 1 N–H and O–H groups in total. The lowest BCUT2D eigenvalue weighted by Gasteiger charge is -2.27. The van der Waals surface area contributed by atoms with Crippen molar-refractivity contribution < 1.29 is 0 Å². The summed E-state index contributed by atoms with van der Waals surface area (Å²) >= 11 is 5.77. The molecule has 1 aromatic heterocycles. The maximum absolute atomic E-state index is 5.77. The summed E-state index contributed by atoms with van der Waals surface area (Å²) in [4.78, 5) is 10.4. The molecule has 5 heteroatoms. The predicted octanol–water partition coefficient (Wildman–Crippen LogP) is 1.70. The number of nitrogens with zero attached hydrogens (tertiary/aromatic N) is 3. The van der Waals surface area contributed by atoms with Crippen LogP contribution in [-0.4, -0.2) is 41.0 Å². The topological polar surface area (TPSA) is 41.1 Å². The van der Waals surface area contributed by atoms with Crippen molar-refractivity contribution in [3.05, 3.63) is 23.2 Å². The van der Waals surface area contributed by atoms with Gasteiger partial charge in [-0.05, 0) is 44.1 Å². The van der Waals surface area contributed by atoms with Gasteiger partial charge in [-0.25, -0.2) is 9.97 Å². The fourth-order valence-corrected chi connectivity index (χ4v) is 2.42. The third-order valence-electron chi connectivity index (χ3n) is 3.06. The summed E-state index contributed by atoms with van der Waals surface area (Å²) in [7, 11) is 2.12. The van der Waals surface area contributed by atoms with Crippen LogP contribution in [0.4, 0.5) is 0 Å². The standard InChI is InChI=1S/C12H19ClN4/c1-17(8-10-4-2-3-6-14-10)9-11-5-7-15-12(13)16-11/h5,7,10,14H,2-4,6,8-9H2,1H3/t10-/m1/s1. The molecule has 0 amide bonds. The summed E-state index contributed by atoms with van der Waals surface area (Å²) in [5.41, 5.74) is 0.975. The van der Waals surface area contributed by atoms with Gasteiger partial charge < -0.3 is 5.32 Å². The molecule has 0 aliphatic carbocycles. The number of nitrogens with one attached hydrogen (secondary N) is 1. The molecule has 0 aromatic carbocycles. The van der Waals surface area contributed by atoms with Gasteiger partial charge in [-0.3, -0.25) is 4.90 Å². The molecule has 0 unspecified atom stereocenters. The second-order valence-corrected chi connectivity index (χ2v) is 5.00. The molecule has 94 valence electrons. The van der Waals surface area contributed by atoms with Crippen LogP contribution in [0.2, 0.25) is 5.28 Å². The van der Waals surface area contributed by atoms with Crippen LogP contribution in [-0.2, 0) is 6.54 Å². The molecule has 1 fully saturated rings. The first-order valence-electron chi connectivity index (χ1n) is 6.13. The van der Waals surface area contributed by atoms with Crippen molar-refractivity contribution in [1.82, 2.24) is 20.2 Å². The molecule has 2 heterocycles. The first-order chi connectivity index (χ1) is 8.24. The number of hydrogen-bond acceptors (Lipinski definition) is 4. The third-order valence-corrected chi connectivity index (χ3v) is 3.24. The van der Waals surface area contributed by atoms with Crippen molar-refractivity contribution in [1.29, 1.82) is 0 Å². The highest BCUT2D eigenvalue weighted by Gasteiger charge is 2.14. The van der Waals surface area contributed by atoms with Crippen LogP contribution in [0.15, 0.2) is 12.3 Å². The molecule has 0 saturated carbocycles. The van der Waals surface area contributed by atoms with E-state index in [1.807, 2.05) is 6.07 Å². The van der Waals surface area contributed by atoms with Gasteiger partial charge in [-0.1, -0.05) is 6.42 Å². The quantitative estimate of drug-likeness (QED) is 0.831. The number of likely N-dealkylation sites (N-methyl/N-ethyl adjacent to an activating group) is 1. The van der Waals surface area contributed by atoms with Gasteiger partial charge in [0.25, 0.3) is 0 Å². The predicted molar refractivity (Wildman–Crippen MR) is 69.0 cm³/mol. The summed E-state index contributed by atoms with van der Waals surface area (Å²) < 4.78 is 0. The maximum atomic E-state index is 5.77. The molecule has 17 heavy (non-hydrogen) atoms. The summed E-state index contributed by atoms with van der Waals surface area (Å²) in [5.74, 6) is 0. The van der Waals surface area contributed by atoms with E-state index in [0.717, 1.165) is 25.3 Å². The molecule has 1 aliphatic rings. The minimum absolute atomic E-state index is 0.326. The van der Waals surface area contributed by atoms with Gasteiger partial charge in [-0.15, -0.1) is 0 Å². The van der Waals surface area contributed by atoms with E-state index in [4.69, 9.17) is 11.6 Å². The molecule has 4 nitrogen and oxygen atoms in total. The van der Waals surface area contributed by atoms with Crippen LogP contribution in [0.1, 0.15) is 25.0 Å². The Labute approximate surface area is 107 Å². The summed E-state index contributed by atoms with van der Waals surface area (Å²) in [6.45, 7) is 3.03. The van der Waals surface area contributed by atoms with Gasteiger partial charge in [0, 0.05) is 25.3 Å². The molecule has 0 bridgehead atoms. The monoisotopic (exact) mass is 254 g/mol. The molecule has 2 rings (SSSR count). The van der Waals surface area contributed by atoms with Gasteiger partial charge in [0.1, 0.15) is 0 Å². The number of aromatic nitrogens is 2. The van der Waals surface area contributed by atoms with Crippen LogP contribution in [0.25, 0.3) is 0 Å². The number of halogens is 1. The van der Waals surface area contributed by atoms with Gasteiger partial charge in [0.2, 0.25) is 5.28 Å². The van der Waals surface area contributed by atoms with Crippen LogP contribution in [0, 0.1) is 0 Å². The average molecular weight is 255 g/mol. The number of rotatable bonds is 4. The van der Waals surface area contributed by atoms with Crippen molar-refractivity contribution in [2.75, 3.05) is 20.1 Å². The van der Waals surface area contributed by atoms with Crippen LogP contribution in [0.5, 0.6) is 0 Å². The van der Waals surface area contributed by atoms with E-state index in [1.54, 1.807) is 6.20 Å². The lowest BCUT2D eigenvalue weighted by atomic mass is 10.0. The molecule has 1 saturated heterocycles. The third kappa shape index (κ3) is 4.22. The fraction of sp³-hybridized carbons (Fsp3) is 0.667. The second-order valence-electron chi connectivity index (χ2n) is 4.66. The van der Waals surface area contributed by atoms with Gasteiger partial charge in [0.15, 0.2) is 0 Å². The Morgan fingerprint density at radius 1 is 1.53 bits per heavy atom. The Kier molecular flexibility index (Phi) is 4.71. The van der Waals surface area contributed by atoms with E-state index >= 15 is 0 Å². The molecular weight excluding hydrogens is 236 g/mol. The van der Waals surface area contributed by atoms with Crippen molar-refractivity contribution in [3.63, 3.8) is 0 Å². The minimum atomic E-state index is 0.326. The summed E-state index contributed by atoms with van der Waals surface area (Å²) in [5, 5.41) is 3.87. The Bertz CT molecular complexity index is 352. The van der Waals surface area contributed by atoms with Crippen molar-refractivity contribution in [2.45, 2.75) is 31.8 Å². The average Bonchev–Trinajstić information content (AvgIpc) is 2.30. The van der Waals surface area contributed by atoms with Gasteiger partial charge >= 0.3 is 0 Å². The second kappa shape index (κ2) is 6.28. The first kappa shape index (κ1) is 12.7. The Morgan fingerprint density at radius 2 is 2.41 bits per heavy atom. The normalized spacial score (nSPS) is 20.8. The zero-order chi connectivity index (χ0) is 12.1. The Hall–Kier alpha value is -0.710. The largest absolute Gasteiger partial charge is 0.313 e. The van der Waals surface area contributed by atoms with Gasteiger partial charge in [0.05, 0.1) is 5.69 Å². The molecule has 1 aliphatic heterocycles. The van der Waals surface area contributed by atoms with E-state index in [1.165, 1.54) is 19.3 Å². The highest BCUT2D eigenvalue weighted by atomic mass is 35.5. The number of piperidine rings is 1. The lowest BCUT2D eigenvalue weighted by Crippen LogP contribution is -2.42. The van der Waals surface area contributed by atoms with Crippen molar-refractivity contribution >= 4 is 11.6 Å². The van der Waals surface area contributed by atoms with Crippen molar-refractivity contribution in [2.24, 2.45) is 0 Å². The summed E-state index contributed by atoms with van der Waals surface area (Å²) in [6, 6.07) is 2.53. The maximum Gasteiger partial charge on any atom is 0.222 e. The highest BCUT2D eigenvalue weighted by molar-refractivity contribution is 6.28. The van der Waals surface area contributed by atoms with E-state index in [-0.39, 0.29) is 0 Å². The molecule has 1 aromatic rings. The zero-order valence-electron chi connectivity index (χ0n) is 10.2. The molecule has 0 radical (unpaired) electrons. The molecule has 1 atom stereocenters.